The van der Waals surface area contributed by atoms with Crippen molar-refractivity contribution in [1.29, 1.82) is 0 Å². The van der Waals surface area contributed by atoms with E-state index in [9.17, 15) is 0 Å². The minimum atomic E-state index is 1.02. The van der Waals surface area contributed by atoms with Crippen molar-refractivity contribution in [2.45, 2.75) is 12.8 Å². The molecule has 3 heteroatoms. The van der Waals surface area contributed by atoms with Gasteiger partial charge in [0.05, 0.1) is 16.6 Å². The lowest BCUT2D eigenvalue weighted by molar-refractivity contribution is 0.888. The van der Waals surface area contributed by atoms with Gasteiger partial charge in [0.15, 0.2) is 0 Å². The van der Waals surface area contributed by atoms with E-state index in [1.807, 2.05) is 11.3 Å². The summed E-state index contributed by atoms with van der Waals surface area (Å²) in [6, 6.07) is 67.1. The third-order valence-corrected chi connectivity index (χ3v) is 13.2. The lowest BCUT2D eigenvalue weighted by Gasteiger charge is -2.14. The van der Waals surface area contributed by atoms with Gasteiger partial charge in [-0.25, -0.2) is 0 Å². The highest BCUT2D eigenvalue weighted by Crippen LogP contribution is 2.42. The largest absolute Gasteiger partial charge is 0.313 e. The normalized spacial score (nSPS) is 12.7. The third-order valence-electron chi connectivity index (χ3n) is 12.0. The van der Waals surface area contributed by atoms with E-state index < -0.39 is 0 Å². The van der Waals surface area contributed by atoms with Gasteiger partial charge in [0, 0.05) is 59.0 Å². The van der Waals surface area contributed by atoms with Crippen LogP contribution in [-0.2, 0) is 6.42 Å². The molecule has 3 aromatic heterocycles. The van der Waals surface area contributed by atoms with E-state index in [4.69, 9.17) is 0 Å². The minimum absolute atomic E-state index is 1.02. The van der Waals surface area contributed by atoms with Crippen LogP contribution >= 0.6 is 11.3 Å². The molecule has 0 bridgehead atoms. The molecule has 0 fully saturated rings. The van der Waals surface area contributed by atoms with Crippen molar-refractivity contribution < 1.29 is 0 Å². The summed E-state index contributed by atoms with van der Waals surface area (Å²) in [5, 5.41) is 6.51. The Kier molecular flexibility index (Phi) is 7.26. The maximum atomic E-state index is 2.50. The molecule has 0 saturated heterocycles. The molecule has 2 nitrogen and oxygen atoms in total. The van der Waals surface area contributed by atoms with Crippen LogP contribution in [0.3, 0.4) is 0 Å². The SMILES string of the molecule is C1=Cc2c(n(-c3ccc(-c4cccc5c4sc4ccccc45)cc3)c3ccc(-c4ccc5c(c4)c4ccccc4n5-c4ccc(-c5ccccc5)cc4)cc23)CC1. The number of aromatic nitrogens is 2. The van der Waals surface area contributed by atoms with Crippen molar-refractivity contribution in [3.05, 3.63) is 199 Å². The van der Waals surface area contributed by atoms with Crippen LogP contribution in [0.1, 0.15) is 17.7 Å². The van der Waals surface area contributed by atoms with E-state index in [0.717, 1.165) is 12.8 Å². The fourth-order valence-corrected chi connectivity index (χ4v) is 10.6. The van der Waals surface area contributed by atoms with E-state index in [1.54, 1.807) is 0 Å². The number of rotatable bonds is 5. The molecule has 1 aliphatic rings. The van der Waals surface area contributed by atoms with Crippen molar-refractivity contribution in [2.24, 2.45) is 0 Å². The fourth-order valence-electron chi connectivity index (χ4n) is 9.32. The molecule has 0 atom stereocenters. The Bertz CT molecular complexity index is 3370. The molecule has 8 aromatic carbocycles. The lowest BCUT2D eigenvalue weighted by atomic mass is 9.98. The number of benzene rings is 8. The van der Waals surface area contributed by atoms with Gasteiger partial charge < -0.3 is 9.13 Å². The number of allylic oxidation sites excluding steroid dienone is 1. The Balaban J connectivity index is 0.940. The Morgan fingerprint density at radius 1 is 0.404 bits per heavy atom. The summed E-state index contributed by atoms with van der Waals surface area (Å²) in [6.45, 7) is 0. The zero-order valence-corrected chi connectivity index (χ0v) is 32.0. The first-order chi connectivity index (χ1) is 28.3. The van der Waals surface area contributed by atoms with Crippen LogP contribution < -0.4 is 0 Å². The van der Waals surface area contributed by atoms with E-state index in [2.05, 4.69) is 203 Å². The predicted octanol–water partition coefficient (Wildman–Crippen LogP) is 15.1. The highest BCUT2D eigenvalue weighted by Gasteiger charge is 2.20. The highest BCUT2D eigenvalue weighted by atomic mass is 32.1. The van der Waals surface area contributed by atoms with Crippen LogP contribution in [0, 0.1) is 0 Å². The van der Waals surface area contributed by atoms with Crippen LogP contribution in [-0.4, -0.2) is 9.13 Å². The molecule has 0 saturated carbocycles. The smallest absolute Gasteiger partial charge is 0.0541 e. The Morgan fingerprint density at radius 3 is 1.81 bits per heavy atom. The van der Waals surface area contributed by atoms with Gasteiger partial charge in [-0.3, -0.25) is 0 Å². The van der Waals surface area contributed by atoms with E-state index in [0.29, 0.717) is 0 Å². The maximum Gasteiger partial charge on any atom is 0.0541 e. The van der Waals surface area contributed by atoms with Crippen molar-refractivity contribution >= 4 is 70.3 Å². The van der Waals surface area contributed by atoms with Crippen LogP contribution in [0.5, 0.6) is 0 Å². The van der Waals surface area contributed by atoms with Crippen molar-refractivity contribution in [3.63, 3.8) is 0 Å². The zero-order chi connectivity index (χ0) is 37.5. The summed E-state index contributed by atoms with van der Waals surface area (Å²) in [6.07, 6.45) is 6.76. The molecule has 3 heterocycles. The van der Waals surface area contributed by atoms with Gasteiger partial charge in [0.1, 0.15) is 0 Å². The number of nitrogens with zero attached hydrogens (tertiary/aromatic N) is 2. The first-order valence-electron chi connectivity index (χ1n) is 19.8. The summed E-state index contributed by atoms with van der Waals surface area (Å²) in [7, 11) is 0. The Morgan fingerprint density at radius 2 is 1.00 bits per heavy atom. The number of hydrogen-bond donors (Lipinski definition) is 0. The highest BCUT2D eigenvalue weighted by molar-refractivity contribution is 7.26. The molecular weight excluding hydrogens is 709 g/mol. The molecule has 0 amide bonds. The predicted molar refractivity (Wildman–Crippen MR) is 244 cm³/mol. The molecule has 0 radical (unpaired) electrons. The van der Waals surface area contributed by atoms with Crippen LogP contribution in [0.25, 0.3) is 104 Å². The number of hydrogen-bond acceptors (Lipinski definition) is 1. The Labute approximate surface area is 334 Å². The van der Waals surface area contributed by atoms with Gasteiger partial charge in [-0.15, -0.1) is 11.3 Å². The standard InChI is InChI=1S/C54H36N2S/c1-2-11-35(12-3-1)36-21-27-40(28-22-36)55-49-18-7-4-13-43(49)47-33-38(25-31-51(47)55)39-26-32-52-48(34-39)44-14-5-8-19-50(44)56(52)41-29-23-37(24-30-41)42-16-10-17-46-45-15-6-9-20-53(45)57-54(42)46/h1-7,9-18,20-34H,8,19H2. The second kappa shape index (κ2) is 12.8. The summed E-state index contributed by atoms with van der Waals surface area (Å²) >= 11 is 1.89. The van der Waals surface area contributed by atoms with Crippen LogP contribution in [0.15, 0.2) is 188 Å². The fraction of sp³-hybridized carbons (Fsp3) is 0.0370. The topological polar surface area (TPSA) is 9.86 Å². The lowest BCUT2D eigenvalue weighted by Crippen LogP contribution is -2.02. The van der Waals surface area contributed by atoms with E-state index in [1.165, 1.54) is 109 Å². The van der Waals surface area contributed by atoms with Gasteiger partial charge in [-0.05, 0) is 107 Å². The third kappa shape index (κ3) is 5.09. The van der Waals surface area contributed by atoms with Gasteiger partial charge in [0.2, 0.25) is 0 Å². The van der Waals surface area contributed by atoms with Gasteiger partial charge in [0.25, 0.3) is 0 Å². The molecule has 0 unspecified atom stereocenters. The van der Waals surface area contributed by atoms with Gasteiger partial charge in [-0.2, -0.15) is 0 Å². The number of para-hydroxylation sites is 1. The van der Waals surface area contributed by atoms with E-state index in [-0.39, 0.29) is 0 Å². The quantitative estimate of drug-likeness (QED) is 0.166. The monoisotopic (exact) mass is 744 g/mol. The zero-order valence-electron chi connectivity index (χ0n) is 31.2. The molecule has 268 valence electrons. The molecule has 0 spiro atoms. The average molecular weight is 745 g/mol. The number of fused-ring (bicyclic) bond motifs is 9. The first kappa shape index (κ1) is 32.3. The summed E-state index contributed by atoms with van der Waals surface area (Å²) in [5.41, 5.74) is 16.3. The molecule has 1 aliphatic carbocycles. The van der Waals surface area contributed by atoms with Crippen molar-refractivity contribution in [3.8, 4) is 44.8 Å². The second-order valence-corrected chi connectivity index (χ2v) is 16.2. The van der Waals surface area contributed by atoms with Gasteiger partial charge in [-0.1, -0.05) is 133 Å². The molecule has 57 heavy (non-hydrogen) atoms. The minimum Gasteiger partial charge on any atom is -0.313 e. The average Bonchev–Trinajstić information content (AvgIpc) is 3.94. The van der Waals surface area contributed by atoms with Crippen molar-refractivity contribution in [2.75, 3.05) is 0 Å². The van der Waals surface area contributed by atoms with Crippen molar-refractivity contribution in [1.82, 2.24) is 9.13 Å². The number of thiophene rings is 1. The van der Waals surface area contributed by atoms with Gasteiger partial charge >= 0.3 is 0 Å². The molecule has 11 aromatic rings. The summed E-state index contributed by atoms with van der Waals surface area (Å²) in [4.78, 5) is 0. The van der Waals surface area contributed by atoms with Crippen LogP contribution in [0.2, 0.25) is 0 Å². The molecule has 0 N–H and O–H groups in total. The second-order valence-electron chi connectivity index (χ2n) is 15.2. The molecule has 0 aliphatic heterocycles. The molecule has 12 rings (SSSR count). The Hall–Kier alpha value is -6.94. The van der Waals surface area contributed by atoms with E-state index >= 15 is 0 Å². The summed E-state index contributed by atoms with van der Waals surface area (Å²) < 4.78 is 7.60. The first-order valence-corrected chi connectivity index (χ1v) is 20.6. The maximum absolute atomic E-state index is 2.50. The van der Waals surface area contributed by atoms with Crippen LogP contribution in [0.4, 0.5) is 0 Å². The molecular formula is C54H36N2S. The summed E-state index contributed by atoms with van der Waals surface area (Å²) in [5.74, 6) is 0.